The average Bonchev–Trinajstić information content (AvgIpc) is 3.15. The van der Waals surface area contributed by atoms with E-state index < -0.39 is 0 Å². The fourth-order valence-electron chi connectivity index (χ4n) is 4.41. The molecule has 2 heteroatoms. The number of aliphatic hydroxyl groups is 1. The van der Waals surface area contributed by atoms with Crippen LogP contribution in [0.15, 0.2) is 36.4 Å². The number of nitrogens with zero attached hydrogens (tertiary/aromatic N) is 1. The Bertz CT molecular complexity index is 517. The van der Waals surface area contributed by atoms with E-state index in [0.717, 1.165) is 32.5 Å². The van der Waals surface area contributed by atoms with Gasteiger partial charge in [-0.25, -0.2) is 0 Å². The van der Waals surface area contributed by atoms with Crippen molar-refractivity contribution in [1.82, 2.24) is 4.90 Å². The fourth-order valence-corrected chi connectivity index (χ4v) is 4.41. The van der Waals surface area contributed by atoms with Crippen molar-refractivity contribution in [2.24, 2.45) is 11.8 Å². The summed E-state index contributed by atoms with van der Waals surface area (Å²) >= 11 is 0. The van der Waals surface area contributed by atoms with Crippen LogP contribution in [0.25, 0.3) is 0 Å². The Labute approximate surface area is 134 Å². The second kappa shape index (κ2) is 6.55. The largest absolute Gasteiger partial charge is 0.396 e. The summed E-state index contributed by atoms with van der Waals surface area (Å²) in [5, 5.41) is 9.73. The Hall–Kier alpha value is -1.12. The third-order valence-corrected chi connectivity index (χ3v) is 5.90. The van der Waals surface area contributed by atoms with Crippen molar-refractivity contribution in [3.05, 3.63) is 47.5 Å². The van der Waals surface area contributed by atoms with Crippen LogP contribution in [0.3, 0.4) is 0 Å². The van der Waals surface area contributed by atoms with Crippen molar-refractivity contribution >= 4 is 0 Å². The van der Waals surface area contributed by atoms with Crippen molar-refractivity contribution in [1.29, 1.82) is 0 Å². The second-order valence-corrected chi connectivity index (χ2v) is 6.95. The standard InChI is InChI=1S/C20H29NO/c1-3-21(4-2)12-10-16-5-7-18(8-6-16)20-11-9-17(14-20)13-19(20)15-22/h5-9,11,17,19,22H,3-4,10,12-15H2,1-2H3. The van der Waals surface area contributed by atoms with Crippen molar-refractivity contribution in [2.45, 2.75) is 38.5 Å². The van der Waals surface area contributed by atoms with Crippen LogP contribution in [0, 0.1) is 11.8 Å². The molecule has 3 atom stereocenters. The summed E-state index contributed by atoms with van der Waals surface area (Å²) in [7, 11) is 0. The van der Waals surface area contributed by atoms with Gasteiger partial charge in [0.2, 0.25) is 0 Å². The number of benzene rings is 1. The number of hydrogen-bond donors (Lipinski definition) is 1. The van der Waals surface area contributed by atoms with E-state index in [-0.39, 0.29) is 5.41 Å². The van der Waals surface area contributed by atoms with Crippen LogP contribution in [-0.2, 0) is 11.8 Å². The molecule has 0 aliphatic heterocycles. The number of fused-ring (bicyclic) bond motifs is 2. The summed E-state index contributed by atoms with van der Waals surface area (Å²) in [6, 6.07) is 9.19. The van der Waals surface area contributed by atoms with E-state index in [4.69, 9.17) is 0 Å². The lowest BCUT2D eigenvalue weighted by Crippen LogP contribution is -2.30. The zero-order valence-corrected chi connectivity index (χ0v) is 14.0. The summed E-state index contributed by atoms with van der Waals surface area (Å²) in [5.41, 5.74) is 2.93. The lowest BCUT2D eigenvalue weighted by Gasteiger charge is -2.32. The molecule has 0 spiro atoms. The number of rotatable bonds is 7. The van der Waals surface area contributed by atoms with Crippen LogP contribution in [0.4, 0.5) is 0 Å². The molecule has 3 unspecified atom stereocenters. The van der Waals surface area contributed by atoms with E-state index in [9.17, 15) is 5.11 Å². The fraction of sp³-hybridized carbons (Fsp3) is 0.600. The molecule has 0 amide bonds. The highest BCUT2D eigenvalue weighted by atomic mass is 16.3. The maximum absolute atomic E-state index is 9.73. The first-order valence-electron chi connectivity index (χ1n) is 8.83. The molecule has 1 fully saturated rings. The Balaban J connectivity index is 1.70. The monoisotopic (exact) mass is 299 g/mol. The van der Waals surface area contributed by atoms with E-state index in [1.165, 1.54) is 17.5 Å². The van der Waals surface area contributed by atoms with Crippen molar-refractivity contribution in [2.75, 3.05) is 26.2 Å². The first-order chi connectivity index (χ1) is 10.7. The van der Waals surface area contributed by atoms with E-state index in [1.54, 1.807) is 0 Å². The number of likely N-dealkylation sites (N-methyl/N-ethyl adjacent to an activating group) is 1. The van der Waals surface area contributed by atoms with Gasteiger partial charge in [-0.1, -0.05) is 50.3 Å². The van der Waals surface area contributed by atoms with Gasteiger partial charge >= 0.3 is 0 Å². The molecule has 1 aromatic carbocycles. The molecule has 1 N–H and O–H groups in total. The van der Waals surface area contributed by atoms with Gasteiger partial charge in [0.25, 0.3) is 0 Å². The summed E-state index contributed by atoms with van der Waals surface area (Å²) in [5.74, 6) is 1.09. The van der Waals surface area contributed by atoms with Gasteiger partial charge in [-0.3, -0.25) is 0 Å². The number of allylic oxidation sites excluding steroid dienone is 2. The van der Waals surface area contributed by atoms with Crippen molar-refractivity contribution in [3.63, 3.8) is 0 Å². The highest BCUT2D eigenvalue weighted by Crippen LogP contribution is 2.54. The Morgan fingerprint density at radius 2 is 1.91 bits per heavy atom. The maximum Gasteiger partial charge on any atom is 0.0471 e. The molecule has 120 valence electrons. The van der Waals surface area contributed by atoms with Gasteiger partial charge in [-0.2, -0.15) is 0 Å². The van der Waals surface area contributed by atoms with E-state index >= 15 is 0 Å². The van der Waals surface area contributed by atoms with Gasteiger partial charge in [0.05, 0.1) is 0 Å². The normalized spacial score (nSPS) is 29.6. The Morgan fingerprint density at radius 1 is 1.18 bits per heavy atom. The molecule has 0 heterocycles. The molecule has 1 aromatic rings. The van der Waals surface area contributed by atoms with Gasteiger partial charge in [-0.05, 0) is 55.3 Å². The van der Waals surface area contributed by atoms with E-state index in [0.29, 0.717) is 18.4 Å². The van der Waals surface area contributed by atoms with E-state index in [1.807, 2.05) is 0 Å². The minimum atomic E-state index is 0.108. The maximum atomic E-state index is 9.73. The first kappa shape index (κ1) is 15.8. The zero-order valence-electron chi connectivity index (χ0n) is 14.0. The number of hydrogen-bond acceptors (Lipinski definition) is 2. The minimum Gasteiger partial charge on any atom is -0.396 e. The SMILES string of the molecule is CCN(CC)CCc1ccc(C23C=CC(CC2CO)C3)cc1. The summed E-state index contributed by atoms with van der Waals surface area (Å²) < 4.78 is 0. The van der Waals surface area contributed by atoms with Crippen LogP contribution >= 0.6 is 0 Å². The van der Waals surface area contributed by atoms with Gasteiger partial charge in [-0.15, -0.1) is 0 Å². The van der Waals surface area contributed by atoms with Crippen LogP contribution in [0.5, 0.6) is 0 Å². The zero-order chi connectivity index (χ0) is 15.6. The Morgan fingerprint density at radius 3 is 2.50 bits per heavy atom. The van der Waals surface area contributed by atoms with Gasteiger partial charge in [0.15, 0.2) is 0 Å². The molecule has 2 nitrogen and oxygen atoms in total. The molecule has 0 aromatic heterocycles. The smallest absolute Gasteiger partial charge is 0.0471 e. The minimum absolute atomic E-state index is 0.108. The molecule has 0 saturated heterocycles. The molecule has 1 saturated carbocycles. The van der Waals surface area contributed by atoms with Crippen molar-refractivity contribution in [3.8, 4) is 0 Å². The predicted octanol–water partition coefficient (Wildman–Crippen LogP) is 3.40. The topological polar surface area (TPSA) is 23.5 Å². The summed E-state index contributed by atoms with van der Waals surface area (Å²) in [4.78, 5) is 2.47. The Kier molecular flexibility index (Phi) is 4.70. The molecule has 3 rings (SSSR count). The molecular weight excluding hydrogens is 270 g/mol. The van der Waals surface area contributed by atoms with E-state index in [2.05, 4.69) is 55.2 Å². The molecule has 0 radical (unpaired) electrons. The lowest BCUT2D eigenvalue weighted by atomic mass is 9.73. The molecule has 22 heavy (non-hydrogen) atoms. The molecule has 2 aliphatic rings. The van der Waals surface area contributed by atoms with Crippen molar-refractivity contribution < 1.29 is 5.11 Å². The third-order valence-electron chi connectivity index (χ3n) is 5.90. The number of aliphatic hydroxyl groups excluding tert-OH is 1. The quantitative estimate of drug-likeness (QED) is 0.780. The third kappa shape index (κ3) is 2.75. The summed E-state index contributed by atoms with van der Waals surface area (Å²) in [6.45, 7) is 8.15. The highest BCUT2D eigenvalue weighted by molar-refractivity contribution is 5.40. The lowest BCUT2D eigenvalue weighted by molar-refractivity contribution is 0.190. The first-order valence-corrected chi connectivity index (χ1v) is 8.83. The van der Waals surface area contributed by atoms with Gasteiger partial charge in [0, 0.05) is 18.6 Å². The molecular formula is C20H29NO. The molecule has 2 bridgehead atoms. The predicted molar refractivity (Wildman–Crippen MR) is 92.1 cm³/mol. The van der Waals surface area contributed by atoms with Crippen LogP contribution in [0.2, 0.25) is 0 Å². The van der Waals surface area contributed by atoms with Crippen LogP contribution in [0.1, 0.15) is 37.8 Å². The van der Waals surface area contributed by atoms with Gasteiger partial charge in [0.1, 0.15) is 0 Å². The summed E-state index contributed by atoms with van der Waals surface area (Å²) in [6.07, 6.45) is 8.19. The average molecular weight is 299 g/mol. The highest BCUT2D eigenvalue weighted by Gasteiger charge is 2.49. The second-order valence-electron chi connectivity index (χ2n) is 6.95. The van der Waals surface area contributed by atoms with Gasteiger partial charge < -0.3 is 10.0 Å². The van der Waals surface area contributed by atoms with Crippen LogP contribution in [-0.4, -0.2) is 36.2 Å². The molecule has 2 aliphatic carbocycles. The van der Waals surface area contributed by atoms with Crippen LogP contribution < -0.4 is 0 Å².